The van der Waals surface area contributed by atoms with E-state index < -0.39 is 24.2 Å². The van der Waals surface area contributed by atoms with Gasteiger partial charge in [0.2, 0.25) is 5.91 Å². The summed E-state index contributed by atoms with van der Waals surface area (Å²) >= 11 is 0. The molecule has 0 saturated carbocycles. The molecule has 11 heteroatoms. The summed E-state index contributed by atoms with van der Waals surface area (Å²) < 4.78 is 5.51. The number of hydrogen-bond acceptors (Lipinski definition) is 7. The van der Waals surface area contributed by atoms with Crippen LogP contribution in [0.25, 0.3) is 0 Å². The molecule has 3 aliphatic rings. The van der Waals surface area contributed by atoms with E-state index in [-0.39, 0.29) is 78.5 Å². The number of piperazine rings is 1. The Morgan fingerprint density at radius 2 is 1.69 bits per heavy atom. The molecule has 0 aliphatic carbocycles. The average molecular weight is 586 g/mol. The third kappa shape index (κ3) is 8.60. The number of nitrogens with one attached hydrogen (secondary N) is 1. The van der Waals surface area contributed by atoms with Crippen molar-refractivity contribution in [1.29, 1.82) is 0 Å². The topological polar surface area (TPSA) is 108 Å². The number of nitrogens with zero attached hydrogens (tertiary/aromatic N) is 3. The summed E-state index contributed by atoms with van der Waals surface area (Å²) in [6, 6.07) is 5.80. The molecule has 0 aromatic heterocycles. The van der Waals surface area contributed by atoms with Gasteiger partial charge in [-0.25, -0.2) is 0 Å². The average Bonchev–Trinajstić information content (AvgIpc) is 3.39. The van der Waals surface area contributed by atoms with Gasteiger partial charge in [0.05, 0.1) is 6.04 Å². The molecule has 39 heavy (non-hydrogen) atoms. The summed E-state index contributed by atoms with van der Waals surface area (Å²) in [7, 11) is 0. The Morgan fingerprint density at radius 1 is 1.08 bits per heavy atom. The number of ether oxygens (including phenoxy) is 1. The molecule has 3 heterocycles. The predicted molar refractivity (Wildman–Crippen MR) is 169 cm³/mol. The number of amides is 2. The van der Waals surface area contributed by atoms with Crippen LogP contribution in [0.2, 0.25) is 0 Å². The Morgan fingerprint density at radius 3 is 2.26 bits per heavy atom. The Kier molecular flexibility index (Phi) is 15.7. The summed E-state index contributed by atoms with van der Waals surface area (Å²) in [5.74, 6) is -0.509. The van der Waals surface area contributed by atoms with Crippen molar-refractivity contribution < 1.29 is 19.1 Å². The Labute approximate surface area is 249 Å². The monoisotopic (exact) mass is 585 g/mol. The molecule has 0 bridgehead atoms. The fraction of sp³-hybridized carbons (Fsp3) is 0.679. The van der Waals surface area contributed by atoms with E-state index in [1.54, 1.807) is 0 Å². The number of anilines is 1. The number of carbonyl (C=O) groups is 3. The zero-order valence-electron chi connectivity index (χ0n) is 22.1. The summed E-state index contributed by atoms with van der Waals surface area (Å²) in [5.41, 5.74) is 7.75. The molecule has 0 spiro atoms. The van der Waals surface area contributed by atoms with E-state index in [9.17, 15) is 14.4 Å². The largest absolute Gasteiger partial charge is 0.369 e. The first kappa shape index (κ1) is 37.2. The molecule has 4 atom stereocenters. The van der Waals surface area contributed by atoms with E-state index >= 15 is 0 Å². The van der Waals surface area contributed by atoms with Crippen LogP contribution in [-0.2, 0) is 14.3 Å². The molecular weight excluding hydrogens is 534 g/mol. The molecule has 3 N–H and O–H groups in total. The van der Waals surface area contributed by atoms with Gasteiger partial charge in [-0.3, -0.25) is 19.3 Å². The van der Waals surface area contributed by atoms with Gasteiger partial charge in [0.15, 0.2) is 5.78 Å². The minimum absolute atomic E-state index is 0. The number of Topliss-reactive ketones (excluding diaryl/α,β-unsaturated/α-hetero) is 1. The number of nitrogens with two attached hydrogens (primary N) is 1. The summed E-state index contributed by atoms with van der Waals surface area (Å²) in [6.07, 6.45) is 1.18. The van der Waals surface area contributed by atoms with Gasteiger partial charge in [-0.05, 0) is 49.6 Å². The van der Waals surface area contributed by atoms with Gasteiger partial charge >= 0.3 is 0 Å². The third-order valence-corrected chi connectivity index (χ3v) is 7.22. The Bertz CT molecular complexity index is 925. The van der Waals surface area contributed by atoms with Crippen LogP contribution in [0.5, 0.6) is 0 Å². The molecule has 3 saturated heterocycles. The van der Waals surface area contributed by atoms with Crippen LogP contribution in [0.1, 0.15) is 58.8 Å². The summed E-state index contributed by atoms with van der Waals surface area (Å²) in [4.78, 5) is 45.2. The van der Waals surface area contributed by atoms with Crippen LogP contribution in [0.3, 0.4) is 0 Å². The highest BCUT2D eigenvalue weighted by atomic mass is 32.1. The molecule has 9 nitrogen and oxygen atoms in total. The van der Waals surface area contributed by atoms with E-state index in [0.717, 1.165) is 38.4 Å². The lowest BCUT2D eigenvalue weighted by Crippen LogP contribution is -2.52. The summed E-state index contributed by atoms with van der Waals surface area (Å²) in [6.45, 7) is 11.6. The Hall–Kier alpha value is -1.79. The molecule has 224 valence electrons. The van der Waals surface area contributed by atoms with Crippen molar-refractivity contribution in [1.82, 2.24) is 15.1 Å². The smallest absolute Gasteiger partial charge is 0.251 e. The van der Waals surface area contributed by atoms with E-state index in [0.29, 0.717) is 12.0 Å². The highest BCUT2D eigenvalue weighted by Gasteiger charge is 2.52. The van der Waals surface area contributed by atoms with Gasteiger partial charge < -0.3 is 25.6 Å². The van der Waals surface area contributed by atoms with Gasteiger partial charge in [-0.15, -0.1) is 0 Å². The second-order valence-corrected chi connectivity index (χ2v) is 10.4. The molecule has 4 rings (SSSR count). The maximum absolute atomic E-state index is 13.5. The molecule has 1 aromatic carbocycles. The van der Waals surface area contributed by atoms with Crippen molar-refractivity contribution in [3.63, 3.8) is 0 Å². The fourth-order valence-electron chi connectivity index (χ4n) is 5.42. The van der Waals surface area contributed by atoms with E-state index in [1.165, 1.54) is 11.3 Å². The summed E-state index contributed by atoms with van der Waals surface area (Å²) in [5, 5.41) is 2.93. The first-order valence-electron chi connectivity index (χ1n) is 12.9. The van der Waals surface area contributed by atoms with Crippen LogP contribution >= 0.6 is 27.0 Å². The van der Waals surface area contributed by atoms with Gasteiger partial charge in [-0.2, -0.15) is 27.0 Å². The minimum atomic E-state index is -0.729. The molecule has 0 radical (unpaired) electrons. The van der Waals surface area contributed by atoms with Crippen LogP contribution in [0, 0.1) is 5.92 Å². The second-order valence-electron chi connectivity index (χ2n) is 10.4. The lowest BCUT2D eigenvalue weighted by Gasteiger charge is -2.36. The second kappa shape index (κ2) is 16.5. The maximum Gasteiger partial charge on any atom is 0.251 e. The molecule has 3 aliphatic heterocycles. The first-order chi connectivity index (χ1) is 16.8. The molecule has 0 unspecified atom stereocenters. The molecule has 3 fully saturated rings. The Balaban J connectivity index is 0.00000361. The van der Waals surface area contributed by atoms with Crippen LogP contribution in [0.4, 0.5) is 5.69 Å². The number of ketones is 1. The van der Waals surface area contributed by atoms with Gasteiger partial charge in [0.1, 0.15) is 24.8 Å². The highest BCUT2D eigenvalue weighted by molar-refractivity contribution is 7.59. The quantitative estimate of drug-likeness (QED) is 0.482. The van der Waals surface area contributed by atoms with E-state index in [1.807, 2.05) is 38.1 Å². The number of rotatable bonds is 8. The van der Waals surface area contributed by atoms with Crippen LogP contribution in [-0.4, -0.2) is 97.5 Å². The first-order valence-corrected chi connectivity index (χ1v) is 12.9. The van der Waals surface area contributed by atoms with Gasteiger partial charge in [0, 0.05) is 44.0 Å². The fourth-order valence-corrected chi connectivity index (χ4v) is 5.42. The number of carbonyl (C=O) groups excluding carboxylic acids is 3. The molecular formula is C28H51N5O4S2. The van der Waals surface area contributed by atoms with Crippen molar-refractivity contribution in [3.8, 4) is 0 Å². The van der Waals surface area contributed by atoms with Crippen molar-refractivity contribution >= 4 is 50.3 Å². The van der Waals surface area contributed by atoms with Crippen molar-refractivity contribution in [2.45, 2.75) is 72.7 Å². The van der Waals surface area contributed by atoms with Crippen LogP contribution in [0.15, 0.2) is 24.3 Å². The highest BCUT2D eigenvalue weighted by Crippen LogP contribution is 2.28. The molecule has 1 aromatic rings. The van der Waals surface area contributed by atoms with E-state index in [4.69, 9.17) is 10.5 Å². The zero-order chi connectivity index (χ0) is 25.1. The van der Waals surface area contributed by atoms with Gasteiger partial charge in [-0.1, -0.05) is 35.6 Å². The lowest BCUT2D eigenvalue weighted by atomic mass is 10.0. The number of fused-ring (bicyclic) bond motifs is 1. The maximum atomic E-state index is 13.5. The SMILES string of the molecule is C.C.CCCN1CCN(c2ccc(C(=O)N[C@@H](CC(C)C)C(=O)N3C[C@@H](N)[C@H]4OCC(=O)[C@H]43)cc2)CC1.S.S. The predicted octanol–water partition coefficient (Wildman–Crippen LogP) is 2.37. The lowest BCUT2D eigenvalue weighted by molar-refractivity contribution is -0.138. The van der Waals surface area contributed by atoms with Crippen molar-refractivity contribution in [2.24, 2.45) is 11.7 Å². The van der Waals surface area contributed by atoms with E-state index in [2.05, 4.69) is 22.0 Å². The van der Waals surface area contributed by atoms with Crippen molar-refractivity contribution in [3.05, 3.63) is 29.8 Å². The number of likely N-dealkylation sites (tertiary alicyclic amines) is 1. The number of hydrogen-bond donors (Lipinski definition) is 2. The van der Waals surface area contributed by atoms with Gasteiger partial charge in [0.25, 0.3) is 5.91 Å². The zero-order valence-corrected chi connectivity index (χ0v) is 24.1. The standard InChI is InChI=1S/C26H39N5O4.2CH4.2H2S/c1-4-9-29-10-12-30(13-11-29)19-7-5-18(6-8-19)25(33)28-21(14-17(2)3)26(34)31-15-20(27)24-23(31)22(32)16-35-24;;;;/h5-8,17,20-21,23-24H,4,9-16,27H2,1-3H3,(H,28,33);2*1H4;2*1H2/t20-,21+,23-,24-;;;;/m1..../s1. The third-order valence-electron chi connectivity index (χ3n) is 7.22. The number of benzene rings is 1. The molecule has 2 amide bonds. The normalized spacial score (nSPS) is 23.1. The minimum Gasteiger partial charge on any atom is -0.369 e. The van der Waals surface area contributed by atoms with Crippen molar-refractivity contribution in [2.75, 3.05) is 50.8 Å². The van der Waals surface area contributed by atoms with Crippen LogP contribution < -0.4 is 16.0 Å².